The molecule has 0 aliphatic carbocycles. The molecule has 0 spiro atoms. The SMILES string of the molecule is [2H]C1=C(SCc2cccc(F)c2F)N(CC(=O)N(C2CCN(C([2H])([2H])COC)CC2)C([2H])([2H])c2ccc(-c3ccc(C(F)(F)F)cc3)cc2)c2c([2H])c([2H])c(C)c([2H])c2C1O. The average molecular weight is 760 g/mol. The number of thioether (sulfide) groups is 1. The Kier molecular flexibility index (Phi) is 9.27. The molecule has 1 atom stereocenters. The maximum Gasteiger partial charge on any atom is 0.416 e. The molecule has 1 fully saturated rings. The van der Waals surface area contributed by atoms with Crippen LogP contribution in [0.15, 0.2) is 95.9 Å². The van der Waals surface area contributed by atoms with Gasteiger partial charge in [-0.25, -0.2) is 8.78 Å². The molecule has 2 aliphatic rings. The maximum absolute atomic E-state index is 15.0. The molecule has 6 rings (SSSR count). The smallest absolute Gasteiger partial charge is 0.384 e. The van der Waals surface area contributed by atoms with Crippen LogP contribution in [0.4, 0.5) is 27.6 Å². The van der Waals surface area contributed by atoms with E-state index in [9.17, 15) is 29.8 Å². The normalized spacial score (nSPS) is 19.6. The molecular weight excluding hydrogens is 710 g/mol. The zero-order valence-corrected chi connectivity index (χ0v) is 29.7. The number of alkyl halides is 3. The minimum Gasteiger partial charge on any atom is -0.384 e. The molecule has 1 amide bonds. The van der Waals surface area contributed by atoms with Crippen molar-refractivity contribution in [2.24, 2.45) is 0 Å². The Bertz CT molecular complexity index is 2310. The van der Waals surface area contributed by atoms with Gasteiger partial charge in [0.25, 0.3) is 0 Å². The van der Waals surface area contributed by atoms with Crippen molar-refractivity contribution in [1.29, 1.82) is 0 Å². The van der Waals surface area contributed by atoms with Crippen molar-refractivity contribution in [3.8, 4) is 11.1 Å². The summed E-state index contributed by atoms with van der Waals surface area (Å²) >= 11 is 0.742. The highest BCUT2D eigenvalue weighted by Gasteiger charge is 2.33. The van der Waals surface area contributed by atoms with Crippen molar-refractivity contribution in [3.05, 3.63) is 135 Å². The van der Waals surface area contributed by atoms with Crippen LogP contribution < -0.4 is 4.90 Å². The van der Waals surface area contributed by atoms with Gasteiger partial charge in [0.1, 0.15) is 12.6 Å². The van der Waals surface area contributed by atoms with Crippen LogP contribution in [0.5, 0.6) is 0 Å². The monoisotopic (exact) mass is 759 g/mol. The fourth-order valence-corrected chi connectivity index (χ4v) is 7.13. The first-order valence-electron chi connectivity index (χ1n) is 20.8. The Morgan fingerprint density at radius 3 is 2.38 bits per heavy atom. The number of methoxy groups -OCH3 is 1. The molecule has 4 aromatic carbocycles. The molecule has 2 heterocycles. The summed E-state index contributed by atoms with van der Waals surface area (Å²) < 4.78 is 145. The second-order valence-electron chi connectivity index (χ2n) is 12.5. The summed E-state index contributed by atoms with van der Waals surface area (Å²) in [6.07, 6.45) is -6.18. The molecule has 53 heavy (non-hydrogen) atoms. The van der Waals surface area contributed by atoms with Crippen LogP contribution in [0.2, 0.25) is 0 Å². The number of amides is 1. The fourth-order valence-electron chi connectivity index (χ4n) is 6.10. The summed E-state index contributed by atoms with van der Waals surface area (Å²) in [4.78, 5) is 18.6. The third-order valence-electron chi connectivity index (χ3n) is 8.89. The summed E-state index contributed by atoms with van der Waals surface area (Å²) in [6.45, 7) is -3.98. The van der Waals surface area contributed by atoms with E-state index in [4.69, 9.17) is 13.0 Å². The van der Waals surface area contributed by atoms with E-state index in [1.165, 1.54) is 67.5 Å². The van der Waals surface area contributed by atoms with Crippen molar-refractivity contribution < 1.29 is 47.6 Å². The summed E-state index contributed by atoms with van der Waals surface area (Å²) in [7, 11) is 1.36. The second-order valence-corrected chi connectivity index (χ2v) is 13.5. The van der Waals surface area contributed by atoms with Gasteiger partial charge in [-0.1, -0.05) is 66.2 Å². The first-order valence-corrected chi connectivity index (χ1v) is 17.7. The number of carbonyl (C=O) groups is 1. The molecule has 12 heteroatoms. The molecule has 0 radical (unpaired) electrons. The number of carbonyl (C=O) groups excluding carboxylic acids is 1. The summed E-state index contributed by atoms with van der Waals surface area (Å²) in [5.41, 5.74) is -0.570. The summed E-state index contributed by atoms with van der Waals surface area (Å²) in [5.74, 6) is -3.51. The maximum atomic E-state index is 15.0. The number of aliphatic hydroxyl groups excluding tert-OH is 1. The Labute approximate surface area is 322 Å². The second kappa shape index (κ2) is 16.8. The van der Waals surface area contributed by atoms with Gasteiger partial charge in [0, 0.05) is 64.5 Å². The van der Waals surface area contributed by atoms with Gasteiger partial charge in [-0.3, -0.25) is 4.79 Å². The summed E-state index contributed by atoms with van der Waals surface area (Å²) in [6, 6.07) is 11.1. The van der Waals surface area contributed by atoms with E-state index in [2.05, 4.69) is 0 Å². The number of nitrogens with zero attached hydrogens (tertiary/aromatic N) is 3. The van der Waals surface area contributed by atoms with E-state index in [-0.39, 0.29) is 77.3 Å². The molecule has 1 saturated heterocycles. The van der Waals surface area contributed by atoms with Crippen molar-refractivity contribution >= 4 is 23.4 Å². The number of piperidine rings is 1. The van der Waals surface area contributed by atoms with Crippen LogP contribution in [-0.4, -0.2) is 66.7 Å². The zero-order chi connectivity index (χ0) is 44.8. The quantitative estimate of drug-likeness (QED) is 0.146. The fraction of sp³-hybridized carbons (Fsp3) is 0.341. The standard InChI is InChI=1S/C41H42F5N3O3S/c1-27-6-15-36-34(22-27)37(50)23-39(53-26-31-4-3-5-35(42)40(31)43)49(36)25-38(51)48(33-16-18-47(19-17-33)20-21-52-2)24-28-7-9-29(10-8-28)30-11-13-32(14-12-30)41(44,45)46/h3-15,22-23,33,37,50H,16-21,24-26H2,1-2H3/i6D,15D,20D2,22D,23D,24D2. The topological polar surface area (TPSA) is 56.3 Å². The van der Waals surface area contributed by atoms with Crippen LogP contribution in [-0.2, 0) is 28.0 Å². The third kappa shape index (κ3) is 9.29. The van der Waals surface area contributed by atoms with Crippen LogP contribution >= 0.6 is 11.8 Å². The number of anilines is 1. The van der Waals surface area contributed by atoms with Crippen molar-refractivity contribution in [2.75, 3.05) is 44.7 Å². The van der Waals surface area contributed by atoms with Crippen LogP contribution in [0.1, 0.15) is 57.7 Å². The lowest BCUT2D eigenvalue weighted by Crippen LogP contribution is -2.50. The number of aliphatic hydroxyl groups is 1. The molecule has 6 nitrogen and oxygen atoms in total. The number of fused-ring (bicyclic) bond motifs is 1. The van der Waals surface area contributed by atoms with Gasteiger partial charge in [0.05, 0.1) is 25.4 Å². The minimum atomic E-state index is -4.54. The molecule has 0 saturated carbocycles. The molecule has 280 valence electrons. The molecule has 0 bridgehead atoms. The van der Waals surface area contributed by atoms with Gasteiger partial charge in [-0.15, -0.1) is 11.8 Å². The van der Waals surface area contributed by atoms with Crippen LogP contribution in [0, 0.1) is 18.6 Å². The van der Waals surface area contributed by atoms with Crippen LogP contribution in [0.25, 0.3) is 11.1 Å². The van der Waals surface area contributed by atoms with E-state index >= 15 is 4.79 Å². The first kappa shape index (κ1) is 29.2. The van der Waals surface area contributed by atoms with Crippen molar-refractivity contribution in [1.82, 2.24) is 9.80 Å². The number of benzene rings is 4. The van der Waals surface area contributed by atoms with E-state index in [1.807, 2.05) is 0 Å². The molecule has 4 aromatic rings. The van der Waals surface area contributed by atoms with Gasteiger partial charge in [-0.2, -0.15) is 13.2 Å². The number of likely N-dealkylation sites (tertiary alicyclic amines) is 1. The molecule has 2 aliphatic heterocycles. The molecule has 1 unspecified atom stereocenters. The highest BCUT2D eigenvalue weighted by Crippen LogP contribution is 2.41. The number of halogens is 5. The molecule has 1 N–H and O–H groups in total. The lowest BCUT2D eigenvalue weighted by Gasteiger charge is -2.40. The van der Waals surface area contributed by atoms with Crippen molar-refractivity contribution in [3.63, 3.8) is 0 Å². The largest absolute Gasteiger partial charge is 0.416 e. The molecule has 0 aromatic heterocycles. The van der Waals surface area contributed by atoms with Crippen molar-refractivity contribution in [2.45, 2.75) is 50.3 Å². The lowest BCUT2D eigenvalue weighted by atomic mass is 9.99. The number of ether oxygens (including phenoxy) is 1. The van der Waals surface area contributed by atoms with Gasteiger partial charge < -0.3 is 24.5 Å². The van der Waals surface area contributed by atoms with E-state index in [1.54, 1.807) is 0 Å². The first-order chi connectivity index (χ1) is 28.6. The third-order valence-corrected chi connectivity index (χ3v) is 9.96. The summed E-state index contributed by atoms with van der Waals surface area (Å²) in [5, 5.41) is 11.2. The van der Waals surface area contributed by atoms with E-state index < -0.39 is 79.1 Å². The minimum absolute atomic E-state index is 0.0188. The van der Waals surface area contributed by atoms with E-state index in [0.717, 1.165) is 39.8 Å². The van der Waals surface area contributed by atoms with Gasteiger partial charge in [0.2, 0.25) is 5.91 Å². The van der Waals surface area contributed by atoms with E-state index in [0.29, 0.717) is 11.1 Å². The highest BCUT2D eigenvalue weighted by molar-refractivity contribution is 8.02. The number of hydrogen-bond acceptors (Lipinski definition) is 6. The lowest BCUT2D eigenvalue weighted by molar-refractivity contribution is -0.137. The Morgan fingerprint density at radius 1 is 1.04 bits per heavy atom. The Hall–Kier alpha value is -4.23. The predicted octanol–water partition coefficient (Wildman–Crippen LogP) is 8.73. The number of rotatable bonds is 12. The Balaban J connectivity index is 1.41. The highest BCUT2D eigenvalue weighted by atomic mass is 32.2. The van der Waals surface area contributed by atoms with Gasteiger partial charge in [-0.05, 0) is 66.7 Å². The Morgan fingerprint density at radius 2 is 1.72 bits per heavy atom. The predicted molar refractivity (Wildman–Crippen MR) is 198 cm³/mol. The van der Waals surface area contributed by atoms with Gasteiger partial charge in [0.15, 0.2) is 11.6 Å². The average Bonchev–Trinajstić information content (AvgIpc) is 3.21. The van der Waals surface area contributed by atoms with Gasteiger partial charge >= 0.3 is 6.18 Å². The molecular formula is C41H42F5N3O3S. The van der Waals surface area contributed by atoms with Crippen LogP contribution in [0.3, 0.4) is 0 Å². The zero-order valence-electron chi connectivity index (χ0n) is 36.9. The number of hydrogen-bond donors (Lipinski definition) is 1.